The van der Waals surface area contributed by atoms with Gasteiger partial charge in [0.25, 0.3) is 0 Å². The fourth-order valence-electron chi connectivity index (χ4n) is 3.67. The molecule has 0 amide bonds. The number of aliphatic imine (C=N–C) groups is 1. The Hall–Kier alpha value is -2.66. The van der Waals surface area contributed by atoms with Crippen molar-refractivity contribution in [1.82, 2.24) is 20.4 Å². The third-order valence-electron chi connectivity index (χ3n) is 5.25. The molecule has 5 nitrogen and oxygen atoms in total. The molecular weight excluding hydrogens is 310 g/mol. The lowest BCUT2D eigenvalue weighted by Crippen LogP contribution is -2.30. The summed E-state index contributed by atoms with van der Waals surface area (Å²) in [6.45, 7) is 0.608. The van der Waals surface area contributed by atoms with Crippen LogP contribution in [0.5, 0.6) is 0 Å². The summed E-state index contributed by atoms with van der Waals surface area (Å²) in [4.78, 5) is 9.17. The summed E-state index contributed by atoms with van der Waals surface area (Å²) in [7, 11) is 0. The summed E-state index contributed by atoms with van der Waals surface area (Å²) >= 11 is 0. The standard InChI is InChI=1S/C20H21N5/c1-3-14(4-1)9-15-10-17-7-8-25(20(17)21-12-15)18-6-2-5-16(11-18)19-22-13-23-24-19/h2,5-8,10-12,14,23H,1,3-4,9,13H2,(H,22,24). The molecule has 1 aliphatic heterocycles. The Morgan fingerprint density at radius 1 is 1.16 bits per heavy atom. The predicted molar refractivity (Wildman–Crippen MR) is 99.8 cm³/mol. The summed E-state index contributed by atoms with van der Waals surface area (Å²) in [6, 6.07) is 12.8. The Morgan fingerprint density at radius 2 is 2.12 bits per heavy atom. The van der Waals surface area contributed by atoms with Crippen molar-refractivity contribution in [3.8, 4) is 5.69 Å². The molecule has 25 heavy (non-hydrogen) atoms. The largest absolute Gasteiger partial charge is 0.304 e. The van der Waals surface area contributed by atoms with Crippen LogP contribution in [0, 0.1) is 5.92 Å². The average molecular weight is 331 g/mol. The summed E-state index contributed by atoms with van der Waals surface area (Å²) in [5.74, 6) is 1.75. The number of fused-ring (bicyclic) bond motifs is 1. The highest BCUT2D eigenvalue weighted by molar-refractivity contribution is 5.99. The predicted octanol–water partition coefficient (Wildman–Crippen LogP) is 3.18. The Balaban J connectivity index is 1.49. The minimum absolute atomic E-state index is 0.608. The minimum atomic E-state index is 0.608. The monoisotopic (exact) mass is 331 g/mol. The highest BCUT2D eigenvalue weighted by atomic mass is 15.5. The number of hydrazine groups is 1. The highest BCUT2D eigenvalue weighted by Gasteiger charge is 2.18. The van der Waals surface area contributed by atoms with E-state index >= 15 is 0 Å². The van der Waals surface area contributed by atoms with Crippen molar-refractivity contribution in [2.45, 2.75) is 25.7 Å². The number of hydrogen-bond acceptors (Lipinski definition) is 4. The summed E-state index contributed by atoms with van der Waals surface area (Å²) < 4.78 is 2.15. The van der Waals surface area contributed by atoms with E-state index in [2.05, 4.69) is 63.0 Å². The maximum atomic E-state index is 4.76. The third-order valence-corrected chi connectivity index (χ3v) is 5.25. The van der Waals surface area contributed by atoms with Crippen molar-refractivity contribution in [2.24, 2.45) is 10.9 Å². The van der Waals surface area contributed by atoms with Crippen molar-refractivity contribution < 1.29 is 0 Å². The van der Waals surface area contributed by atoms with Gasteiger partial charge in [-0.25, -0.2) is 15.4 Å². The molecule has 0 saturated heterocycles. The van der Waals surface area contributed by atoms with E-state index in [0.29, 0.717) is 6.67 Å². The fraction of sp³-hybridized carbons (Fsp3) is 0.300. The van der Waals surface area contributed by atoms with Gasteiger partial charge in [0.05, 0.1) is 0 Å². The van der Waals surface area contributed by atoms with Gasteiger partial charge in [0.1, 0.15) is 18.2 Å². The van der Waals surface area contributed by atoms with Crippen molar-refractivity contribution in [1.29, 1.82) is 0 Å². The molecule has 0 unspecified atom stereocenters. The first-order chi connectivity index (χ1) is 12.4. The van der Waals surface area contributed by atoms with E-state index in [1.165, 1.54) is 36.6 Å². The van der Waals surface area contributed by atoms with Crippen molar-refractivity contribution in [3.05, 3.63) is 59.9 Å². The van der Waals surface area contributed by atoms with Crippen LogP contribution in [0.3, 0.4) is 0 Å². The molecule has 2 N–H and O–H groups in total. The van der Waals surface area contributed by atoms with Gasteiger partial charge in [-0.15, -0.1) is 0 Å². The highest BCUT2D eigenvalue weighted by Crippen LogP contribution is 2.30. The van der Waals surface area contributed by atoms with E-state index in [1.54, 1.807) is 0 Å². The van der Waals surface area contributed by atoms with Crippen LogP contribution >= 0.6 is 0 Å². The fourth-order valence-corrected chi connectivity index (χ4v) is 3.67. The molecular formula is C20H21N5. The van der Waals surface area contributed by atoms with Crippen molar-refractivity contribution in [2.75, 3.05) is 6.67 Å². The lowest BCUT2D eigenvalue weighted by atomic mass is 9.81. The van der Waals surface area contributed by atoms with E-state index in [4.69, 9.17) is 4.98 Å². The van der Waals surface area contributed by atoms with Gasteiger partial charge in [0.2, 0.25) is 0 Å². The van der Waals surface area contributed by atoms with Gasteiger partial charge >= 0.3 is 0 Å². The number of amidine groups is 1. The molecule has 2 aromatic heterocycles. The second-order valence-corrected chi connectivity index (χ2v) is 6.96. The number of pyridine rings is 1. The Kier molecular flexibility index (Phi) is 3.52. The van der Waals surface area contributed by atoms with Crippen molar-refractivity contribution in [3.63, 3.8) is 0 Å². The number of nitrogens with one attached hydrogen (secondary N) is 2. The van der Waals surface area contributed by atoms with E-state index in [1.807, 2.05) is 6.20 Å². The van der Waals surface area contributed by atoms with Gasteiger partial charge in [-0.05, 0) is 42.2 Å². The molecule has 0 spiro atoms. The maximum absolute atomic E-state index is 4.76. The first-order valence-corrected chi connectivity index (χ1v) is 8.97. The molecule has 1 fully saturated rings. The number of aromatic nitrogens is 2. The molecule has 0 bridgehead atoms. The Morgan fingerprint density at radius 3 is 2.92 bits per heavy atom. The average Bonchev–Trinajstić information content (AvgIpc) is 3.27. The molecule has 0 radical (unpaired) electrons. The third kappa shape index (κ3) is 2.70. The lowest BCUT2D eigenvalue weighted by Gasteiger charge is -2.25. The van der Waals surface area contributed by atoms with Gasteiger partial charge in [0.15, 0.2) is 0 Å². The summed E-state index contributed by atoms with van der Waals surface area (Å²) in [6.07, 6.45) is 9.46. The number of rotatable bonds is 4. The Labute approximate surface area is 146 Å². The molecule has 5 rings (SSSR count). The summed E-state index contributed by atoms with van der Waals surface area (Å²) in [5.41, 5.74) is 10.7. The van der Waals surface area contributed by atoms with Crippen LogP contribution in [0.2, 0.25) is 0 Å². The normalized spacial score (nSPS) is 17.4. The molecule has 1 saturated carbocycles. The molecule has 0 atom stereocenters. The van der Waals surface area contributed by atoms with Crippen LogP contribution in [0.4, 0.5) is 0 Å². The van der Waals surface area contributed by atoms with Crippen LogP contribution in [0.15, 0.2) is 53.8 Å². The van der Waals surface area contributed by atoms with Crippen LogP contribution in [-0.2, 0) is 6.42 Å². The quantitative estimate of drug-likeness (QED) is 0.772. The van der Waals surface area contributed by atoms with Gasteiger partial charge < -0.3 is 9.99 Å². The van der Waals surface area contributed by atoms with E-state index < -0.39 is 0 Å². The lowest BCUT2D eigenvalue weighted by molar-refractivity contribution is 0.314. The molecule has 3 aromatic rings. The number of hydrogen-bond donors (Lipinski definition) is 2. The minimum Gasteiger partial charge on any atom is -0.304 e. The van der Waals surface area contributed by atoms with Gasteiger partial charge in [-0.1, -0.05) is 31.4 Å². The Bertz CT molecular complexity index is 952. The summed E-state index contributed by atoms with van der Waals surface area (Å²) in [5, 5.41) is 1.21. The number of benzene rings is 1. The van der Waals surface area contributed by atoms with E-state index in [-0.39, 0.29) is 0 Å². The SMILES string of the molecule is c1cc(C2=NCNN2)cc(-n2ccc3cc(CC4CCC4)cnc32)c1. The van der Waals surface area contributed by atoms with E-state index in [0.717, 1.165) is 28.7 Å². The van der Waals surface area contributed by atoms with Gasteiger partial charge in [-0.2, -0.15) is 0 Å². The van der Waals surface area contributed by atoms with Gasteiger partial charge in [-0.3, -0.25) is 0 Å². The number of nitrogens with zero attached hydrogens (tertiary/aromatic N) is 3. The first kappa shape index (κ1) is 14.7. The zero-order valence-corrected chi connectivity index (χ0v) is 14.1. The topological polar surface area (TPSA) is 54.2 Å². The smallest absolute Gasteiger partial charge is 0.144 e. The molecule has 2 aliphatic rings. The van der Waals surface area contributed by atoms with E-state index in [9.17, 15) is 0 Å². The molecule has 5 heteroatoms. The second-order valence-electron chi connectivity index (χ2n) is 6.96. The molecule has 1 aromatic carbocycles. The second kappa shape index (κ2) is 6.01. The zero-order chi connectivity index (χ0) is 16.6. The zero-order valence-electron chi connectivity index (χ0n) is 14.1. The van der Waals surface area contributed by atoms with Crippen LogP contribution < -0.4 is 10.9 Å². The van der Waals surface area contributed by atoms with Crippen LogP contribution in [-0.4, -0.2) is 22.1 Å². The van der Waals surface area contributed by atoms with Crippen LogP contribution in [0.25, 0.3) is 16.7 Å². The molecule has 3 heterocycles. The maximum Gasteiger partial charge on any atom is 0.144 e. The molecule has 126 valence electrons. The first-order valence-electron chi connectivity index (χ1n) is 8.97. The van der Waals surface area contributed by atoms with Gasteiger partial charge in [0, 0.05) is 29.0 Å². The van der Waals surface area contributed by atoms with Crippen molar-refractivity contribution >= 4 is 16.9 Å². The van der Waals surface area contributed by atoms with Crippen LogP contribution in [0.1, 0.15) is 30.4 Å². The molecule has 1 aliphatic carbocycles.